The van der Waals surface area contributed by atoms with Crippen LogP contribution in [0.5, 0.6) is 0 Å². The van der Waals surface area contributed by atoms with Crippen molar-refractivity contribution in [3.63, 3.8) is 0 Å². The minimum absolute atomic E-state index is 0.0729. The first kappa shape index (κ1) is 19.8. The second-order valence-electron chi connectivity index (χ2n) is 7.70. The first-order valence-electron chi connectivity index (χ1n) is 10.3. The van der Waals surface area contributed by atoms with Crippen LogP contribution in [0.15, 0.2) is 38.7 Å². The molecule has 1 aliphatic heterocycles. The number of hydrogen-bond donors (Lipinski definition) is 0. The van der Waals surface area contributed by atoms with E-state index >= 15 is 0 Å². The Morgan fingerprint density at radius 3 is 2.79 bits per heavy atom. The number of thioether (sulfide) groups is 1. The molecule has 5 rings (SSSR count). The van der Waals surface area contributed by atoms with Crippen LogP contribution in [0.4, 0.5) is 0 Å². The van der Waals surface area contributed by atoms with Gasteiger partial charge < -0.3 is 4.74 Å². The van der Waals surface area contributed by atoms with Crippen LogP contribution in [0, 0.1) is 0 Å². The van der Waals surface area contributed by atoms with Crippen LogP contribution in [-0.2, 0) is 17.6 Å². The summed E-state index contributed by atoms with van der Waals surface area (Å²) in [4.78, 5) is 21.0. The lowest BCUT2D eigenvalue weighted by Gasteiger charge is -2.22. The van der Waals surface area contributed by atoms with E-state index in [0.29, 0.717) is 0 Å². The summed E-state index contributed by atoms with van der Waals surface area (Å²) < 4.78 is 8.72. The molecule has 0 amide bonds. The minimum Gasteiger partial charge on any atom is -0.377 e. The number of aryl methyl sites for hydroxylation is 2. The Balaban J connectivity index is 1.62. The van der Waals surface area contributed by atoms with Gasteiger partial charge in [0.05, 0.1) is 17.2 Å². The van der Waals surface area contributed by atoms with Crippen molar-refractivity contribution in [3.05, 3.63) is 49.5 Å². The molecule has 1 atom stereocenters. The molecule has 2 aliphatic rings. The summed E-state index contributed by atoms with van der Waals surface area (Å²) in [5.74, 6) is 0.833. The van der Waals surface area contributed by atoms with Gasteiger partial charge in [-0.3, -0.25) is 9.36 Å². The number of rotatable bonds is 4. The van der Waals surface area contributed by atoms with Gasteiger partial charge in [0.25, 0.3) is 5.56 Å². The molecule has 0 unspecified atom stereocenters. The molecule has 2 aromatic heterocycles. The largest absolute Gasteiger partial charge is 0.377 e. The lowest BCUT2D eigenvalue weighted by atomic mass is 9.97. The van der Waals surface area contributed by atoms with E-state index in [9.17, 15) is 4.79 Å². The monoisotopic (exact) mass is 490 g/mol. The molecule has 1 aliphatic carbocycles. The Kier molecular flexibility index (Phi) is 5.82. The summed E-state index contributed by atoms with van der Waals surface area (Å²) in [6.45, 7) is 0.842. The Hall–Kier alpha value is -1.15. The van der Waals surface area contributed by atoms with E-state index in [1.807, 2.05) is 28.8 Å². The van der Waals surface area contributed by atoms with Gasteiger partial charge in [0.2, 0.25) is 0 Å². The van der Waals surface area contributed by atoms with E-state index in [0.717, 1.165) is 70.0 Å². The van der Waals surface area contributed by atoms with Crippen LogP contribution in [0.2, 0.25) is 0 Å². The van der Waals surface area contributed by atoms with Crippen molar-refractivity contribution < 1.29 is 4.74 Å². The van der Waals surface area contributed by atoms with Gasteiger partial charge in [-0.15, -0.1) is 11.3 Å². The van der Waals surface area contributed by atoms with Crippen LogP contribution in [0.1, 0.15) is 42.5 Å². The number of nitrogens with zero attached hydrogens (tertiary/aromatic N) is 2. The molecule has 7 heteroatoms. The molecular weight excluding hydrogens is 468 g/mol. The van der Waals surface area contributed by atoms with Gasteiger partial charge in [-0.25, -0.2) is 4.98 Å². The first-order valence-corrected chi connectivity index (χ1v) is 12.9. The normalized spacial score (nSPS) is 19.4. The van der Waals surface area contributed by atoms with Crippen molar-refractivity contribution in [1.29, 1.82) is 0 Å². The summed E-state index contributed by atoms with van der Waals surface area (Å²) >= 11 is 6.87. The molecule has 4 nitrogen and oxygen atoms in total. The molecule has 1 saturated heterocycles. The topological polar surface area (TPSA) is 44.1 Å². The van der Waals surface area contributed by atoms with Crippen molar-refractivity contribution in [2.45, 2.75) is 56.2 Å². The number of fused-ring (bicyclic) bond motifs is 3. The molecule has 1 fully saturated rings. The fraction of sp³-hybridized carbons (Fsp3) is 0.455. The summed E-state index contributed by atoms with van der Waals surface area (Å²) in [7, 11) is 0. The molecule has 152 valence electrons. The van der Waals surface area contributed by atoms with Crippen LogP contribution in [0.25, 0.3) is 15.9 Å². The van der Waals surface area contributed by atoms with Gasteiger partial charge in [0, 0.05) is 21.7 Å². The first-order chi connectivity index (χ1) is 14.2. The molecule has 0 saturated carbocycles. The van der Waals surface area contributed by atoms with Gasteiger partial charge in [-0.1, -0.05) is 27.7 Å². The maximum Gasteiger partial charge on any atom is 0.267 e. The van der Waals surface area contributed by atoms with Crippen LogP contribution in [0.3, 0.4) is 0 Å². The molecule has 1 aromatic carbocycles. The summed E-state index contributed by atoms with van der Waals surface area (Å²) in [6.07, 6.45) is 8.14. The molecule has 3 heterocycles. The lowest BCUT2D eigenvalue weighted by molar-refractivity contribution is 0.0315. The Morgan fingerprint density at radius 1 is 1.17 bits per heavy atom. The van der Waals surface area contributed by atoms with E-state index < -0.39 is 0 Å². The number of benzene rings is 1. The average molecular weight is 491 g/mol. The zero-order valence-corrected chi connectivity index (χ0v) is 19.4. The van der Waals surface area contributed by atoms with Crippen molar-refractivity contribution in [2.75, 3.05) is 12.4 Å². The third kappa shape index (κ3) is 3.94. The van der Waals surface area contributed by atoms with E-state index in [1.54, 1.807) is 23.1 Å². The molecule has 0 bridgehead atoms. The van der Waals surface area contributed by atoms with Gasteiger partial charge in [0.1, 0.15) is 4.83 Å². The van der Waals surface area contributed by atoms with Crippen LogP contribution in [-0.4, -0.2) is 28.0 Å². The Labute approximate surface area is 186 Å². The third-order valence-electron chi connectivity index (χ3n) is 5.72. The van der Waals surface area contributed by atoms with Gasteiger partial charge >= 0.3 is 0 Å². The number of ether oxygens (including phenoxy) is 1. The van der Waals surface area contributed by atoms with Gasteiger partial charge in [-0.2, -0.15) is 0 Å². The van der Waals surface area contributed by atoms with Crippen molar-refractivity contribution in [1.82, 2.24) is 9.55 Å². The van der Waals surface area contributed by atoms with E-state index in [2.05, 4.69) is 15.9 Å². The Bertz CT molecular complexity index is 1080. The average Bonchev–Trinajstić information content (AvgIpc) is 3.13. The molecule has 0 spiro atoms. The smallest absolute Gasteiger partial charge is 0.267 e. The summed E-state index contributed by atoms with van der Waals surface area (Å²) in [5, 5.41) is 1.61. The second-order valence-corrected chi connectivity index (χ2v) is 10.7. The lowest BCUT2D eigenvalue weighted by Crippen LogP contribution is -2.24. The second kappa shape index (κ2) is 8.53. The number of thiophene rings is 1. The van der Waals surface area contributed by atoms with E-state index in [1.165, 1.54) is 23.3 Å². The molecule has 3 aromatic rings. The maximum atomic E-state index is 13.7. The molecule has 29 heavy (non-hydrogen) atoms. The number of halogens is 1. The summed E-state index contributed by atoms with van der Waals surface area (Å²) in [6, 6.07) is 7.93. The van der Waals surface area contributed by atoms with Crippen LogP contribution >= 0.6 is 39.0 Å². The standard InChI is InChI=1S/C22H23BrN2O2S2/c23-14-8-10-15(11-9-14)25-21(26)19-17-6-1-2-7-18(17)29-20(19)24-22(25)28-13-16-5-3-4-12-27-16/h8-11,16H,1-7,12-13H2/t16-/m0/s1. The highest BCUT2D eigenvalue weighted by Gasteiger charge is 2.24. The zero-order valence-electron chi connectivity index (χ0n) is 16.2. The van der Waals surface area contributed by atoms with Gasteiger partial charge in [-0.05, 0) is 74.8 Å². The van der Waals surface area contributed by atoms with E-state index in [-0.39, 0.29) is 11.7 Å². The predicted molar refractivity (Wildman–Crippen MR) is 124 cm³/mol. The fourth-order valence-corrected chi connectivity index (χ4v) is 6.85. The molecular formula is C22H23BrN2O2S2. The van der Waals surface area contributed by atoms with Crippen LogP contribution < -0.4 is 5.56 Å². The highest BCUT2D eigenvalue weighted by Crippen LogP contribution is 2.35. The van der Waals surface area contributed by atoms with Crippen molar-refractivity contribution >= 4 is 49.2 Å². The number of aromatic nitrogens is 2. The van der Waals surface area contributed by atoms with E-state index in [4.69, 9.17) is 9.72 Å². The molecule has 0 radical (unpaired) electrons. The SMILES string of the molecule is O=c1c2c3c(sc2nc(SC[C@@H]2CCCCO2)n1-c1ccc(Br)cc1)CCCC3. The minimum atomic E-state index is 0.0729. The Morgan fingerprint density at radius 2 is 2.00 bits per heavy atom. The zero-order chi connectivity index (χ0) is 19.8. The van der Waals surface area contributed by atoms with Crippen molar-refractivity contribution in [2.24, 2.45) is 0 Å². The maximum absolute atomic E-state index is 13.7. The van der Waals surface area contributed by atoms with Gasteiger partial charge in [0.15, 0.2) is 5.16 Å². The quantitative estimate of drug-likeness (QED) is 0.344. The summed E-state index contributed by atoms with van der Waals surface area (Å²) in [5.41, 5.74) is 2.19. The number of hydrogen-bond acceptors (Lipinski definition) is 5. The third-order valence-corrected chi connectivity index (χ3v) is 8.50. The van der Waals surface area contributed by atoms with Crippen molar-refractivity contribution in [3.8, 4) is 5.69 Å². The highest BCUT2D eigenvalue weighted by atomic mass is 79.9. The highest BCUT2D eigenvalue weighted by molar-refractivity contribution is 9.10. The fourth-order valence-electron chi connectivity index (χ4n) is 4.21. The molecule has 0 N–H and O–H groups in total. The predicted octanol–water partition coefficient (Wildman–Crippen LogP) is 5.75.